The predicted molar refractivity (Wildman–Crippen MR) is 77.3 cm³/mol. The lowest BCUT2D eigenvalue weighted by molar-refractivity contribution is -0.385. The number of carbonyl (C=O) groups is 1. The van der Waals surface area contributed by atoms with Gasteiger partial charge in [0.2, 0.25) is 0 Å². The molecule has 0 saturated carbocycles. The van der Waals surface area contributed by atoms with Gasteiger partial charge in [-0.3, -0.25) is 10.1 Å². The number of hydrogen-bond acceptors (Lipinski definition) is 5. The molecule has 7 nitrogen and oxygen atoms in total. The Balaban J connectivity index is 2.46. The fourth-order valence-electron chi connectivity index (χ4n) is 1.68. The number of hydrogen-bond donors (Lipinski definition) is 2. The molecule has 2 aromatic rings. The van der Waals surface area contributed by atoms with Crippen molar-refractivity contribution < 1.29 is 14.8 Å². The van der Waals surface area contributed by atoms with Crippen molar-refractivity contribution in [3.8, 4) is 0 Å². The van der Waals surface area contributed by atoms with Crippen LogP contribution in [-0.4, -0.2) is 21.0 Å². The van der Waals surface area contributed by atoms with E-state index in [9.17, 15) is 14.9 Å². The zero-order valence-corrected chi connectivity index (χ0v) is 11.6. The number of benzene rings is 1. The molecule has 0 saturated heterocycles. The van der Waals surface area contributed by atoms with Gasteiger partial charge < -0.3 is 10.4 Å². The Morgan fingerprint density at radius 2 is 2.14 bits per heavy atom. The van der Waals surface area contributed by atoms with Crippen LogP contribution in [-0.2, 0) is 0 Å². The molecule has 0 bridgehead atoms. The maximum atomic E-state index is 11.2. The third-order valence-electron chi connectivity index (χ3n) is 2.69. The number of pyridine rings is 1. The summed E-state index contributed by atoms with van der Waals surface area (Å²) in [6.45, 7) is 1.85. The molecule has 2 rings (SSSR count). The summed E-state index contributed by atoms with van der Waals surface area (Å²) in [6, 6.07) is 6.12. The highest BCUT2D eigenvalue weighted by Gasteiger charge is 2.18. The SMILES string of the molecule is Cc1ccc(Cl)c(Nc2ncc([N+](=O)[O-])cc2C(=O)O)c1. The Morgan fingerprint density at radius 3 is 2.76 bits per heavy atom. The van der Waals surface area contributed by atoms with Crippen molar-refractivity contribution in [1.82, 2.24) is 4.98 Å². The number of halogens is 1. The second-order valence-corrected chi connectivity index (χ2v) is 4.67. The quantitative estimate of drug-likeness (QED) is 0.662. The van der Waals surface area contributed by atoms with Gasteiger partial charge in [0, 0.05) is 6.07 Å². The Morgan fingerprint density at radius 1 is 1.43 bits per heavy atom. The number of nitro groups is 1. The van der Waals surface area contributed by atoms with E-state index in [0.29, 0.717) is 10.7 Å². The Bertz CT molecular complexity index is 733. The number of carboxylic acids is 1. The van der Waals surface area contributed by atoms with Crippen LogP contribution in [0.1, 0.15) is 15.9 Å². The van der Waals surface area contributed by atoms with Gasteiger partial charge in [0.25, 0.3) is 5.69 Å². The highest BCUT2D eigenvalue weighted by molar-refractivity contribution is 6.33. The highest BCUT2D eigenvalue weighted by atomic mass is 35.5. The van der Waals surface area contributed by atoms with Gasteiger partial charge in [0.1, 0.15) is 17.6 Å². The van der Waals surface area contributed by atoms with Crippen LogP contribution in [0.25, 0.3) is 0 Å². The average molecular weight is 308 g/mol. The van der Waals surface area contributed by atoms with E-state index in [1.165, 1.54) is 0 Å². The van der Waals surface area contributed by atoms with Gasteiger partial charge in [0.15, 0.2) is 0 Å². The van der Waals surface area contributed by atoms with Crippen molar-refractivity contribution in [2.45, 2.75) is 6.92 Å². The molecule has 1 aromatic carbocycles. The number of aryl methyl sites for hydroxylation is 1. The largest absolute Gasteiger partial charge is 0.478 e. The van der Waals surface area contributed by atoms with Crippen molar-refractivity contribution in [1.29, 1.82) is 0 Å². The van der Waals surface area contributed by atoms with Crippen LogP contribution in [0.2, 0.25) is 5.02 Å². The summed E-state index contributed by atoms with van der Waals surface area (Å²) in [6.07, 6.45) is 0.985. The summed E-state index contributed by atoms with van der Waals surface area (Å²) in [4.78, 5) is 25.0. The first-order chi connectivity index (χ1) is 9.88. The van der Waals surface area contributed by atoms with E-state index in [-0.39, 0.29) is 11.4 Å². The first-order valence-corrected chi connectivity index (χ1v) is 6.17. The molecule has 0 radical (unpaired) electrons. The van der Waals surface area contributed by atoms with Crippen LogP contribution >= 0.6 is 11.6 Å². The lowest BCUT2D eigenvalue weighted by atomic mass is 10.2. The van der Waals surface area contributed by atoms with Crippen LogP contribution < -0.4 is 5.32 Å². The highest BCUT2D eigenvalue weighted by Crippen LogP contribution is 2.28. The first-order valence-electron chi connectivity index (χ1n) is 5.79. The van der Waals surface area contributed by atoms with Crippen LogP contribution in [0.5, 0.6) is 0 Å². The van der Waals surface area contributed by atoms with E-state index in [1.807, 2.05) is 6.92 Å². The summed E-state index contributed by atoms with van der Waals surface area (Å²) < 4.78 is 0. The number of aromatic nitrogens is 1. The van der Waals surface area contributed by atoms with Crippen LogP contribution in [0, 0.1) is 17.0 Å². The van der Waals surface area contributed by atoms with Crippen LogP contribution in [0.4, 0.5) is 17.2 Å². The lowest BCUT2D eigenvalue weighted by Gasteiger charge is -2.10. The van der Waals surface area contributed by atoms with Gasteiger partial charge in [0.05, 0.1) is 15.6 Å². The van der Waals surface area contributed by atoms with Gasteiger partial charge in [-0.25, -0.2) is 9.78 Å². The minimum atomic E-state index is -1.32. The summed E-state index contributed by atoms with van der Waals surface area (Å²) in [7, 11) is 0. The molecule has 0 aliphatic heterocycles. The van der Waals surface area contributed by atoms with Crippen molar-refractivity contribution >= 4 is 34.8 Å². The summed E-state index contributed by atoms with van der Waals surface area (Å²) in [5, 5.41) is 23.0. The molecule has 108 valence electrons. The van der Waals surface area contributed by atoms with E-state index in [0.717, 1.165) is 17.8 Å². The topological polar surface area (TPSA) is 105 Å². The number of aromatic carboxylic acids is 1. The molecule has 21 heavy (non-hydrogen) atoms. The fourth-order valence-corrected chi connectivity index (χ4v) is 1.84. The first kappa shape index (κ1) is 14.7. The number of nitrogens with one attached hydrogen (secondary N) is 1. The molecule has 0 amide bonds. The average Bonchev–Trinajstić information content (AvgIpc) is 2.42. The third-order valence-corrected chi connectivity index (χ3v) is 3.02. The maximum absolute atomic E-state index is 11.2. The van der Waals surface area contributed by atoms with Gasteiger partial charge in [-0.1, -0.05) is 17.7 Å². The molecule has 1 aromatic heterocycles. The molecule has 0 unspecified atom stereocenters. The van der Waals surface area contributed by atoms with Crippen molar-refractivity contribution in [2.75, 3.05) is 5.32 Å². The fraction of sp³-hybridized carbons (Fsp3) is 0.0769. The normalized spacial score (nSPS) is 10.2. The summed E-state index contributed by atoms with van der Waals surface area (Å²) in [5.74, 6) is -1.34. The van der Waals surface area contributed by atoms with Crippen LogP contribution in [0.3, 0.4) is 0 Å². The molecule has 1 heterocycles. The Kier molecular flexibility index (Phi) is 4.04. The summed E-state index contributed by atoms with van der Waals surface area (Å²) in [5.41, 5.74) is 0.691. The molecule has 0 aliphatic carbocycles. The molecule has 2 N–H and O–H groups in total. The van der Waals surface area contributed by atoms with Gasteiger partial charge in [-0.05, 0) is 24.6 Å². The van der Waals surface area contributed by atoms with Gasteiger partial charge in [-0.2, -0.15) is 0 Å². The van der Waals surface area contributed by atoms with Gasteiger partial charge in [-0.15, -0.1) is 0 Å². The lowest BCUT2D eigenvalue weighted by Crippen LogP contribution is -2.06. The molecule has 0 aliphatic rings. The third kappa shape index (κ3) is 3.26. The van der Waals surface area contributed by atoms with Crippen molar-refractivity contribution in [2.24, 2.45) is 0 Å². The van der Waals surface area contributed by atoms with Crippen molar-refractivity contribution in [3.63, 3.8) is 0 Å². The predicted octanol–water partition coefficient (Wildman–Crippen LogP) is 3.39. The second kappa shape index (κ2) is 5.76. The maximum Gasteiger partial charge on any atom is 0.339 e. The number of nitrogens with zero attached hydrogens (tertiary/aromatic N) is 2. The Labute approximate surface area is 124 Å². The minimum Gasteiger partial charge on any atom is -0.478 e. The number of carboxylic acid groups (broad SMARTS) is 1. The minimum absolute atomic E-state index is 0.0133. The smallest absolute Gasteiger partial charge is 0.339 e. The zero-order valence-electron chi connectivity index (χ0n) is 10.8. The summed E-state index contributed by atoms with van der Waals surface area (Å²) >= 11 is 6.01. The van der Waals surface area contributed by atoms with E-state index in [4.69, 9.17) is 16.7 Å². The molecule has 0 atom stereocenters. The van der Waals surface area contributed by atoms with Crippen LogP contribution in [0.15, 0.2) is 30.5 Å². The van der Waals surface area contributed by atoms with Gasteiger partial charge >= 0.3 is 5.97 Å². The van der Waals surface area contributed by atoms with E-state index >= 15 is 0 Å². The Hall–Kier alpha value is -2.67. The standard InChI is InChI=1S/C13H10ClN3O4/c1-7-2-3-10(14)11(4-7)16-12-9(13(18)19)5-8(6-15-12)17(20)21/h2-6H,1H3,(H,15,16)(H,18,19). The van der Waals surface area contributed by atoms with E-state index in [2.05, 4.69) is 10.3 Å². The molecule has 0 spiro atoms. The molecular formula is C13H10ClN3O4. The zero-order chi connectivity index (χ0) is 15.6. The number of anilines is 2. The second-order valence-electron chi connectivity index (χ2n) is 4.26. The molecular weight excluding hydrogens is 298 g/mol. The van der Waals surface area contributed by atoms with Crippen molar-refractivity contribution in [3.05, 3.63) is 56.7 Å². The van der Waals surface area contributed by atoms with E-state index < -0.39 is 16.6 Å². The monoisotopic (exact) mass is 307 g/mol. The molecule has 0 fully saturated rings. The molecule has 8 heteroatoms. The van der Waals surface area contributed by atoms with E-state index in [1.54, 1.807) is 18.2 Å². The number of rotatable bonds is 4.